The molecule has 0 bridgehead atoms. The van der Waals surface area contributed by atoms with Gasteiger partial charge in [-0.1, -0.05) is 54.9 Å². The number of rotatable bonds is 5. The first-order chi connectivity index (χ1) is 8.85. The van der Waals surface area contributed by atoms with Gasteiger partial charge in [0, 0.05) is 31.2 Å². The molecule has 0 spiro atoms. The monoisotopic (exact) mass is 268 g/mol. The SMILES string of the molecule is CCC(C)C1CNC(C(C)(C)C)CN1C(CC)CC. The van der Waals surface area contributed by atoms with Crippen LogP contribution in [0.25, 0.3) is 0 Å². The van der Waals surface area contributed by atoms with E-state index in [-0.39, 0.29) is 0 Å². The fraction of sp³-hybridized carbons (Fsp3) is 1.00. The second-order valence-electron chi connectivity index (χ2n) is 7.45. The van der Waals surface area contributed by atoms with Crippen LogP contribution in [0.4, 0.5) is 0 Å². The van der Waals surface area contributed by atoms with Crippen LogP contribution in [0.2, 0.25) is 0 Å². The van der Waals surface area contributed by atoms with Crippen molar-refractivity contribution in [3.8, 4) is 0 Å². The minimum absolute atomic E-state index is 0.352. The molecule has 3 unspecified atom stereocenters. The van der Waals surface area contributed by atoms with Crippen molar-refractivity contribution < 1.29 is 0 Å². The Bertz CT molecular complexity index is 252. The molecule has 0 amide bonds. The molecule has 1 rings (SSSR count). The fourth-order valence-electron chi connectivity index (χ4n) is 3.35. The molecule has 0 radical (unpaired) electrons. The van der Waals surface area contributed by atoms with Crippen LogP contribution in [0.15, 0.2) is 0 Å². The van der Waals surface area contributed by atoms with Crippen molar-refractivity contribution in [2.75, 3.05) is 13.1 Å². The third-order valence-electron chi connectivity index (χ3n) is 5.15. The summed E-state index contributed by atoms with van der Waals surface area (Å²) in [5.41, 5.74) is 0.352. The Kier molecular flexibility index (Phi) is 6.32. The predicted octanol–water partition coefficient (Wildman–Crippen LogP) is 3.91. The Hall–Kier alpha value is -0.0800. The summed E-state index contributed by atoms with van der Waals surface area (Å²) in [6.07, 6.45) is 3.84. The van der Waals surface area contributed by atoms with E-state index < -0.39 is 0 Å². The van der Waals surface area contributed by atoms with Crippen LogP contribution in [0.3, 0.4) is 0 Å². The third-order valence-corrected chi connectivity index (χ3v) is 5.15. The van der Waals surface area contributed by atoms with Crippen LogP contribution in [0.1, 0.15) is 67.7 Å². The maximum absolute atomic E-state index is 3.82. The molecule has 1 N–H and O–H groups in total. The molecule has 1 aliphatic heterocycles. The molecule has 19 heavy (non-hydrogen) atoms. The van der Waals surface area contributed by atoms with Crippen LogP contribution < -0.4 is 5.32 Å². The quantitative estimate of drug-likeness (QED) is 0.813. The molecule has 1 fully saturated rings. The Morgan fingerprint density at radius 3 is 2.11 bits per heavy atom. The van der Waals surface area contributed by atoms with E-state index in [1.54, 1.807) is 0 Å². The predicted molar refractivity (Wildman–Crippen MR) is 85.6 cm³/mol. The van der Waals surface area contributed by atoms with Crippen LogP contribution >= 0.6 is 0 Å². The molecule has 0 aromatic heterocycles. The van der Waals surface area contributed by atoms with E-state index in [2.05, 4.69) is 58.7 Å². The first-order valence-corrected chi connectivity index (χ1v) is 8.34. The van der Waals surface area contributed by atoms with Gasteiger partial charge in [-0.25, -0.2) is 0 Å². The zero-order valence-corrected chi connectivity index (χ0v) is 14.3. The molecule has 3 atom stereocenters. The first-order valence-electron chi connectivity index (χ1n) is 8.34. The summed E-state index contributed by atoms with van der Waals surface area (Å²) in [5, 5.41) is 3.82. The highest BCUT2D eigenvalue weighted by Gasteiger charge is 2.37. The van der Waals surface area contributed by atoms with Gasteiger partial charge in [0.15, 0.2) is 0 Å². The summed E-state index contributed by atoms with van der Waals surface area (Å²) in [4.78, 5) is 2.82. The Morgan fingerprint density at radius 1 is 1.11 bits per heavy atom. The number of piperazine rings is 1. The lowest BCUT2D eigenvalue weighted by molar-refractivity contribution is 0.0219. The number of nitrogens with one attached hydrogen (secondary N) is 1. The topological polar surface area (TPSA) is 15.3 Å². The summed E-state index contributed by atoms with van der Waals surface area (Å²) >= 11 is 0. The van der Waals surface area contributed by atoms with Crippen molar-refractivity contribution in [2.45, 2.75) is 85.9 Å². The Balaban J connectivity index is 2.85. The van der Waals surface area contributed by atoms with Gasteiger partial charge in [0.1, 0.15) is 0 Å². The summed E-state index contributed by atoms with van der Waals surface area (Å²) in [7, 11) is 0. The summed E-state index contributed by atoms with van der Waals surface area (Å²) < 4.78 is 0. The highest BCUT2D eigenvalue weighted by atomic mass is 15.3. The Labute approximate surface area is 121 Å². The van der Waals surface area contributed by atoms with Crippen LogP contribution in [-0.4, -0.2) is 36.1 Å². The van der Waals surface area contributed by atoms with Crippen LogP contribution in [0, 0.1) is 11.3 Å². The second kappa shape index (κ2) is 7.08. The van der Waals surface area contributed by atoms with E-state index in [4.69, 9.17) is 0 Å². The van der Waals surface area contributed by atoms with E-state index in [0.29, 0.717) is 17.5 Å². The maximum Gasteiger partial charge on any atom is 0.0249 e. The van der Waals surface area contributed by atoms with Gasteiger partial charge in [-0.3, -0.25) is 4.90 Å². The molecule has 1 heterocycles. The molecule has 0 aromatic carbocycles. The third kappa shape index (κ3) is 4.19. The lowest BCUT2D eigenvalue weighted by Crippen LogP contribution is -2.64. The van der Waals surface area contributed by atoms with Crippen LogP contribution in [0.5, 0.6) is 0 Å². The smallest absolute Gasteiger partial charge is 0.0249 e. The van der Waals surface area contributed by atoms with Gasteiger partial charge in [0.2, 0.25) is 0 Å². The van der Waals surface area contributed by atoms with Crippen molar-refractivity contribution in [1.29, 1.82) is 0 Å². The first kappa shape index (κ1) is 17.0. The molecule has 1 saturated heterocycles. The summed E-state index contributed by atoms with van der Waals surface area (Å²) in [6.45, 7) is 18.9. The molecule has 0 aliphatic carbocycles. The van der Waals surface area contributed by atoms with E-state index in [1.165, 1.54) is 25.8 Å². The van der Waals surface area contributed by atoms with Crippen molar-refractivity contribution in [3.05, 3.63) is 0 Å². The van der Waals surface area contributed by atoms with Crippen molar-refractivity contribution in [2.24, 2.45) is 11.3 Å². The van der Waals surface area contributed by atoms with Crippen LogP contribution in [-0.2, 0) is 0 Å². The van der Waals surface area contributed by atoms with Gasteiger partial charge in [-0.05, 0) is 24.2 Å². The zero-order chi connectivity index (χ0) is 14.6. The number of hydrogen-bond donors (Lipinski definition) is 1. The van der Waals surface area contributed by atoms with E-state index in [0.717, 1.165) is 18.5 Å². The molecule has 0 aromatic rings. The molecular formula is C17H36N2. The van der Waals surface area contributed by atoms with Gasteiger partial charge in [-0.15, -0.1) is 0 Å². The van der Waals surface area contributed by atoms with E-state index in [9.17, 15) is 0 Å². The lowest BCUT2D eigenvalue weighted by Gasteiger charge is -2.49. The number of nitrogens with zero attached hydrogens (tertiary/aromatic N) is 1. The molecule has 1 aliphatic rings. The maximum atomic E-state index is 3.82. The van der Waals surface area contributed by atoms with E-state index >= 15 is 0 Å². The normalized spacial score (nSPS) is 27.8. The number of hydrogen-bond acceptors (Lipinski definition) is 2. The molecular weight excluding hydrogens is 232 g/mol. The van der Waals surface area contributed by atoms with Crippen molar-refractivity contribution in [3.63, 3.8) is 0 Å². The molecule has 2 heteroatoms. The standard InChI is InChI=1S/C17H36N2/c1-8-13(4)15-11-18-16(17(5,6)7)12-19(15)14(9-2)10-3/h13-16,18H,8-12H2,1-7H3. The second-order valence-corrected chi connectivity index (χ2v) is 7.45. The van der Waals surface area contributed by atoms with Crippen molar-refractivity contribution in [1.82, 2.24) is 10.2 Å². The lowest BCUT2D eigenvalue weighted by atomic mass is 9.82. The highest BCUT2D eigenvalue weighted by molar-refractivity contribution is 4.95. The molecule has 2 nitrogen and oxygen atoms in total. The zero-order valence-electron chi connectivity index (χ0n) is 14.3. The van der Waals surface area contributed by atoms with Crippen molar-refractivity contribution >= 4 is 0 Å². The van der Waals surface area contributed by atoms with Gasteiger partial charge in [0.05, 0.1) is 0 Å². The molecule has 114 valence electrons. The van der Waals surface area contributed by atoms with Gasteiger partial charge in [-0.2, -0.15) is 0 Å². The van der Waals surface area contributed by atoms with Gasteiger partial charge < -0.3 is 5.32 Å². The minimum atomic E-state index is 0.352. The fourth-order valence-corrected chi connectivity index (χ4v) is 3.35. The summed E-state index contributed by atoms with van der Waals surface area (Å²) in [6, 6.07) is 2.09. The minimum Gasteiger partial charge on any atom is -0.311 e. The average molecular weight is 268 g/mol. The van der Waals surface area contributed by atoms with Gasteiger partial charge >= 0.3 is 0 Å². The highest BCUT2D eigenvalue weighted by Crippen LogP contribution is 2.29. The largest absolute Gasteiger partial charge is 0.311 e. The van der Waals surface area contributed by atoms with Gasteiger partial charge in [0.25, 0.3) is 0 Å². The van der Waals surface area contributed by atoms with E-state index in [1.807, 2.05) is 0 Å². The molecule has 0 saturated carbocycles. The Morgan fingerprint density at radius 2 is 1.68 bits per heavy atom. The average Bonchev–Trinajstić information content (AvgIpc) is 2.38. The summed E-state index contributed by atoms with van der Waals surface area (Å²) in [5.74, 6) is 0.786.